The molecule has 1 N–H and O–H groups in total. The van der Waals surface area contributed by atoms with Gasteiger partial charge in [0.05, 0.1) is 0 Å². The molecular weight excluding hydrogens is 160 g/mol. The van der Waals surface area contributed by atoms with Gasteiger partial charge in [0.25, 0.3) is 0 Å². The van der Waals surface area contributed by atoms with Crippen molar-refractivity contribution in [3.63, 3.8) is 0 Å². The second-order valence-corrected chi connectivity index (χ2v) is 2.74. The molecule has 1 nitrogen and oxygen atoms in total. The highest BCUT2D eigenvalue weighted by molar-refractivity contribution is 5.76. The zero-order valence-corrected chi connectivity index (χ0v) is 7.99. The summed E-state index contributed by atoms with van der Waals surface area (Å²) in [4.78, 5) is 0. The van der Waals surface area contributed by atoms with E-state index in [0.29, 0.717) is 5.76 Å². The molecule has 0 amide bonds. The molecule has 0 saturated heterocycles. The Labute approximate surface area is 79.0 Å². The molecule has 0 bridgehead atoms. The van der Waals surface area contributed by atoms with Gasteiger partial charge in [-0.3, -0.25) is 0 Å². The van der Waals surface area contributed by atoms with Crippen molar-refractivity contribution < 1.29 is 5.11 Å². The van der Waals surface area contributed by atoms with E-state index >= 15 is 0 Å². The minimum absolute atomic E-state index is 0.328. The maximum atomic E-state index is 9.56. The summed E-state index contributed by atoms with van der Waals surface area (Å²) in [6, 6.07) is 9.84. The molecule has 0 unspecified atom stereocenters. The topological polar surface area (TPSA) is 20.2 Å². The molecule has 0 aromatic heterocycles. The van der Waals surface area contributed by atoms with Crippen molar-refractivity contribution in [1.29, 1.82) is 0 Å². The average molecular weight is 174 g/mol. The standard InChI is InChI=1S/C12H14O/c1-3-11(12(13)4-2)10-8-6-5-7-9-10/h3-9,13H,1-2H3/b11-3-,12-4+. The Morgan fingerprint density at radius 1 is 1.08 bits per heavy atom. The van der Waals surface area contributed by atoms with Crippen LogP contribution in [0, 0.1) is 0 Å². The van der Waals surface area contributed by atoms with Crippen molar-refractivity contribution in [3.8, 4) is 0 Å². The summed E-state index contributed by atoms with van der Waals surface area (Å²) in [5.41, 5.74) is 1.92. The first kappa shape index (κ1) is 9.59. The molecule has 0 aliphatic rings. The molecule has 1 heteroatoms. The Bertz CT molecular complexity index is 320. The van der Waals surface area contributed by atoms with Gasteiger partial charge in [0, 0.05) is 5.57 Å². The van der Waals surface area contributed by atoms with E-state index in [2.05, 4.69) is 0 Å². The third-order valence-corrected chi connectivity index (χ3v) is 1.92. The Morgan fingerprint density at radius 3 is 2.15 bits per heavy atom. The van der Waals surface area contributed by atoms with Gasteiger partial charge in [-0.1, -0.05) is 36.4 Å². The highest BCUT2D eigenvalue weighted by Crippen LogP contribution is 2.20. The summed E-state index contributed by atoms with van der Waals surface area (Å²) in [6.07, 6.45) is 3.60. The first-order valence-electron chi connectivity index (χ1n) is 4.37. The Kier molecular flexibility index (Phi) is 3.32. The van der Waals surface area contributed by atoms with Gasteiger partial charge in [-0.2, -0.15) is 0 Å². The lowest BCUT2D eigenvalue weighted by Gasteiger charge is -2.05. The average Bonchev–Trinajstić information content (AvgIpc) is 2.20. The van der Waals surface area contributed by atoms with E-state index in [1.54, 1.807) is 6.08 Å². The van der Waals surface area contributed by atoms with Gasteiger partial charge < -0.3 is 5.11 Å². The minimum atomic E-state index is 0.328. The van der Waals surface area contributed by atoms with Crippen LogP contribution in [0.1, 0.15) is 19.4 Å². The van der Waals surface area contributed by atoms with E-state index in [0.717, 1.165) is 11.1 Å². The summed E-state index contributed by atoms with van der Waals surface area (Å²) >= 11 is 0. The van der Waals surface area contributed by atoms with E-state index in [-0.39, 0.29) is 0 Å². The summed E-state index contributed by atoms with van der Waals surface area (Å²) in [5.74, 6) is 0.328. The van der Waals surface area contributed by atoms with Crippen LogP contribution in [-0.2, 0) is 0 Å². The number of aliphatic hydroxyl groups is 1. The molecule has 1 rings (SSSR count). The molecule has 0 aliphatic carbocycles. The quantitative estimate of drug-likeness (QED) is 0.537. The lowest BCUT2D eigenvalue weighted by Crippen LogP contribution is -1.87. The van der Waals surface area contributed by atoms with Crippen molar-refractivity contribution >= 4 is 5.57 Å². The van der Waals surface area contributed by atoms with Gasteiger partial charge in [0.2, 0.25) is 0 Å². The van der Waals surface area contributed by atoms with Gasteiger partial charge in [0.1, 0.15) is 5.76 Å². The number of benzene rings is 1. The summed E-state index contributed by atoms with van der Waals surface area (Å²) in [5, 5.41) is 9.56. The fraction of sp³-hybridized carbons (Fsp3) is 0.167. The SMILES string of the molecule is C/C=C(\C(O)=C/C)c1ccccc1. The van der Waals surface area contributed by atoms with E-state index in [4.69, 9.17) is 0 Å². The van der Waals surface area contributed by atoms with Gasteiger partial charge in [-0.05, 0) is 25.5 Å². The number of aliphatic hydroxyl groups excluding tert-OH is 1. The second kappa shape index (κ2) is 4.51. The third-order valence-electron chi connectivity index (χ3n) is 1.92. The van der Waals surface area contributed by atoms with E-state index in [1.807, 2.05) is 50.3 Å². The van der Waals surface area contributed by atoms with Crippen molar-refractivity contribution in [2.24, 2.45) is 0 Å². The van der Waals surface area contributed by atoms with Gasteiger partial charge in [-0.15, -0.1) is 0 Å². The molecule has 0 atom stereocenters. The van der Waals surface area contributed by atoms with Gasteiger partial charge >= 0.3 is 0 Å². The molecule has 13 heavy (non-hydrogen) atoms. The molecule has 0 saturated carbocycles. The van der Waals surface area contributed by atoms with E-state index in [9.17, 15) is 5.11 Å². The zero-order valence-electron chi connectivity index (χ0n) is 7.99. The minimum Gasteiger partial charge on any atom is -0.508 e. The summed E-state index contributed by atoms with van der Waals surface area (Å²) in [7, 11) is 0. The van der Waals surface area contributed by atoms with Crippen LogP contribution >= 0.6 is 0 Å². The Balaban J connectivity index is 3.07. The fourth-order valence-corrected chi connectivity index (χ4v) is 1.24. The predicted molar refractivity (Wildman–Crippen MR) is 56.5 cm³/mol. The molecule has 68 valence electrons. The Morgan fingerprint density at radius 2 is 1.69 bits per heavy atom. The van der Waals surface area contributed by atoms with Crippen LogP contribution in [0.25, 0.3) is 5.57 Å². The van der Waals surface area contributed by atoms with Crippen molar-refractivity contribution in [2.45, 2.75) is 13.8 Å². The molecule has 0 aliphatic heterocycles. The molecule has 0 fully saturated rings. The van der Waals surface area contributed by atoms with Crippen LogP contribution in [0.4, 0.5) is 0 Å². The van der Waals surface area contributed by atoms with Gasteiger partial charge in [0.15, 0.2) is 0 Å². The fourth-order valence-electron chi connectivity index (χ4n) is 1.24. The van der Waals surface area contributed by atoms with Crippen LogP contribution in [0.3, 0.4) is 0 Å². The number of rotatable bonds is 2. The molecule has 0 heterocycles. The van der Waals surface area contributed by atoms with Crippen LogP contribution in [0.5, 0.6) is 0 Å². The molecule has 1 aromatic carbocycles. The maximum absolute atomic E-state index is 9.56. The van der Waals surface area contributed by atoms with Crippen molar-refractivity contribution in [2.75, 3.05) is 0 Å². The Hall–Kier alpha value is -1.50. The van der Waals surface area contributed by atoms with Gasteiger partial charge in [-0.25, -0.2) is 0 Å². The van der Waals surface area contributed by atoms with Crippen LogP contribution in [0.2, 0.25) is 0 Å². The summed E-state index contributed by atoms with van der Waals surface area (Å²) < 4.78 is 0. The normalized spacial score (nSPS) is 13.1. The molecule has 0 radical (unpaired) electrons. The zero-order chi connectivity index (χ0) is 9.68. The molecule has 1 aromatic rings. The van der Waals surface area contributed by atoms with E-state index < -0.39 is 0 Å². The first-order valence-corrected chi connectivity index (χ1v) is 4.37. The largest absolute Gasteiger partial charge is 0.508 e. The monoisotopic (exact) mass is 174 g/mol. The smallest absolute Gasteiger partial charge is 0.118 e. The van der Waals surface area contributed by atoms with E-state index in [1.165, 1.54) is 0 Å². The third kappa shape index (κ3) is 2.22. The number of hydrogen-bond acceptors (Lipinski definition) is 1. The summed E-state index contributed by atoms with van der Waals surface area (Å²) in [6.45, 7) is 3.74. The number of hydrogen-bond donors (Lipinski definition) is 1. The maximum Gasteiger partial charge on any atom is 0.118 e. The van der Waals surface area contributed by atoms with Crippen LogP contribution in [-0.4, -0.2) is 5.11 Å². The highest BCUT2D eigenvalue weighted by Gasteiger charge is 2.02. The predicted octanol–water partition coefficient (Wildman–Crippen LogP) is 3.55. The lowest BCUT2D eigenvalue weighted by atomic mass is 10.0. The molecule has 0 spiro atoms. The lowest BCUT2D eigenvalue weighted by molar-refractivity contribution is 0.436. The van der Waals surface area contributed by atoms with Crippen LogP contribution in [0.15, 0.2) is 48.2 Å². The first-order chi connectivity index (χ1) is 6.29. The second-order valence-electron chi connectivity index (χ2n) is 2.74. The number of allylic oxidation sites excluding steroid dienone is 3. The molecular formula is C12H14O. The van der Waals surface area contributed by atoms with Crippen molar-refractivity contribution in [1.82, 2.24) is 0 Å². The van der Waals surface area contributed by atoms with Crippen LogP contribution < -0.4 is 0 Å². The van der Waals surface area contributed by atoms with Crippen molar-refractivity contribution in [3.05, 3.63) is 53.8 Å². The highest BCUT2D eigenvalue weighted by atomic mass is 16.3.